The maximum absolute atomic E-state index is 10.8. The highest BCUT2D eigenvalue weighted by Gasteiger charge is 2.32. The fourth-order valence-corrected chi connectivity index (χ4v) is 2.42. The highest BCUT2D eigenvalue weighted by Crippen LogP contribution is 2.39. The average molecular weight is 172 g/mol. The van der Waals surface area contributed by atoms with Gasteiger partial charge in [0.05, 0.1) is 0 Å². The Morgan fingerprint density at radius 1 is 1.45 bits per heavy atom. The Morgan fingerprint density at radius 2 is 2.09 bits per heavy atom. The third-order valence-corrected chi connectivity index (χ3v) is 3.27. The van der Waals surface area contributed by atoms with Crippen molar-refractivity contribution in [3.63, 3.8) is 0 Å². The Bertz CT molecular complexity index is 128. The van der Waals surface area contributed by atoms with Crippen molar-refractivity contribution in [3.8, 4) is 0 Å². The van der Waals surface area contributed by atoms with E-state index in [4.69, 9.17) is 0 Å². The summed E-state index contributed by atoms with van der Waals surface area (Å²) in [5.74, 6) is 1.14. The highest BCUT2D eigenvalue weighted by atomic mass is 32.2. The van der Waals surface area contributed by atoms with Crippen LogP contribution in [0.25, 0.3) is 0 Å². The van der Waals surface area contributed by atoms with Crippen molar-refractivity contribution in [2.75, 3.05) is 12.0 Å². The first-order valence-electron chi connectivity index (χ1n) is 4.28. The van der Waals surface area contributed by atoms with E-state index in [-0.39, 0.29) is 5.41 Å². The van der Waals surface area contributed by atoms with Gasteiger partial charge in [-0.25, -0.2) is 0 Å². The SMILES string of the molecule is CSCCC1(C=O)CCCC1. The molecule has 0 unspecified atom stereocenters. The normalized spacial score (nSPS) is 21.9. The van der Waals surface area contributed by atoms with Crippen LogP contribution >= 0.6 is 11.8 Å². The minimum atomic E-state index is 0.0863. The van der Waals surface area contributed by atoms with Crippen molar-refractivity contribution in [2.24, 2.45) is 5.41 Å². The van der Waals surface area contributed by atoms with Crippen LogP contribution < -0.4 is 0 Å². The zero-order valence-corrected chi connectivity index (χ0v) is 7.95. The number of carbonyl (C=O) groups is 1. The summed E-state index contributed by atoms with van der Waals surface area (Å²) < 4.78 is 0. The van der Waals surface area contributed by atoms with Crippen LogP contribution in [0.3, 0.4) is 0 Å². The molecule has 64 valence electrons. The minimum Gasteiger partial charge on any atom is -0.303 e. The lowest BCUT2D eigenvalue weighted by Gasteiger charge is -2.20. The van der Waals surface area contributed by atoms with Crippen molar-refractivity contribution < 1.29 is 4.79 Å². The van der Waals surface area contributed by atoms with E-state index in [2.05, 4.69) is 6.26 Å². The quantitative estimate of drug-likeness (QED) is 0.606. The van der Waals surface area contributed by atoms with Gasteiger partial charge in [0.1, 0.15) is 6.29 Å². The molecule has 0 bridgehead atoms. The van der Waals surface area contributed by atoms with Crippen molar-refractivity contribution >= 4 is 18.0 Å². The Labute approximate surface area is 72.9 Å². The molecule has 0 atom stereocenters. The molecule has 1 aliphatic carbocycles. The van der Waals surface area contributed by atoms with Gasteiger partial charge in [0.2, 0.25) is 0 Å². The van der Waals surface area contributed by atoms with Gasteiger partial charge in [-0.3, -0.25) is 0 Å². The number of hydrogen-bond acceptors (Lipinski definition) is 2. The van der Waals surface area contributed by atoms with Gasteiger partial charge in [-0.15, -0.1) is 0 Å². The first kappa shape index (κ1) is 9.11. The Morgan fingerprint density at radius 3 is 2.55 bits per heavy atom. The van der Waals surface area contributed by atoms with E-state index in [1.54, 1.807) is 0 Å². The van der Waals surface area contributed by atoms with Gasteiger partial charge in [-0.2, -0.15) is 11.8 Å². The summed E-state index contributed by atoms with van der Waals surface area (Å²) in [5.41, 5.74) is 0.0863. The predicted octanol–water partition coefficient (Wildman–Crippen LogP) is 2.50. The van der Waals surface area contributed by atoms with Gasteiger partial charge < -0.3 is 4.79 Å². The molecular weight excluding hydrogens is 156 g/mol. The maximum Gasteiger partial charge on any atom is 0.126 e. The molecule has 0 aromatic heterocycles. The molecule has 1 saturated carbocycles. The second-order valence-corrected chi connectivity index (χ2v) is 4.42. The fourth-order valence-electron chi connectivity index (χ4n) is 1.81. The van der Waals surface area contributed by atoms with Crippen LogP contribution in [0, 0.1) is 5.41 Å². The van der Waals surface area contributed by atoms with E-state index >= 15 is 0 Å². The molecule has 0 spiro atoms. The number of thioether (sulfide) groups is 1. The van der Waals surface area contributed by atoms with Crippen LogP contribution in [-0.4, -0.2) is 18.3 Å². The molecule has 11 heavy (non-hydrogen) atoms. The van der Waals surface area contributed by atoms with Crippen LogP contribution in [0.5, 0.6) is 0 Å². The molecule has 0 aliphatic heterocycles. The number of hydrogen-bond donors (Lipinski definition) is 0. The van der Waals surface area contributed by atoms with E-state index in [9.17, 15) is 4.79 Å². The van der Waals surface area contributed by atoms with Gasteiger partial charge in [0.25, 0.3) is 0 Å². The summed E-state index contributed by atoms with van der Waals surface area (Å²) in [5, 5.41) is 0. The van der Waals surface area contributed by atoms with Gasteiger partial charge in [-0.1, -0.05) is 12.8 Å². The van der Waals surface area contributed by atoms with Gasteiger partial charge in [-0.05, 0) is 31.3 Å². The molecule has 1 fully saturated rings. The Kier molecular flexibility index (Phi) is 3.44. The van der Waals surface area contributed by atoms with E-state index in [0.717, 1.165) is 25.0 Å². The first-order chi connectivity index (χ1) is 5.33. The van der Waals surface area contributed by atoms with Gasteiger partial charge in [0.15, 0.2) is 0 Å². The van der Waals surface area contributed by atoms with E-state index < -0.39 is 0 Å². The Hall–Kier alpha value is 0.0200. The summed E-state index contributed by atoms with van der Waals surface area (Å²) in [7, 11) is 0. The predicted molar refractivity (Wildman–Crippen MR) is 50.0 cm³/mol. The molecule has 1 nitrogen and oxygen atoms in total. The fraction of sp³-hybridized carbons (Fsp3) is 0.889. The molecule has 0 aromatic rings. The molecule has 0 radical (unpaired) electrons. The highest BCUT2D eigenvalue weighted by molar-refractivity contribution is 7.98. The molecule has 0 aromatic carbocycles. The summed E-state index contributed by atoms with van der Waals surface area (Å²) in [6.07, 6.45) is 9.19. The topological polar surface area (TPSA) is 17.1 Å². The molecule has 1 aliphatic rings. The van der Waals surface area contributed by atoms with E-state index in [1.165, 1.54) is 19.1 Å². The lowest BCUT2D eigenvalue weighted by Crippen LogP contribution is -2.18. The number of aldehydes is 1. The van der Waals surface area contributed by atoms with Gasteiger partial charge >= 0.3 is 0 Å². The number of rotatable bonds is 4. The lowest BCUT2D eigenvalue weighted by atomic mass is 9.85. The zero-order valence-electron chi connectivity index (χ0n) is 7.14. The molecule has 0 heterocycles. The van der Waals surface area contributed by atoms with Crippen molar-refractivity contribution in [3.05, 3.63) is 0 Å². The third kappa shape index (κ3) is 2.22. The van der Waals surface area contributed by atoms with Crippen molar-refractivity contribution in [1.29, 1.82) is 0 Å². The maximum atomic E-state index is 10.8. The van der Waals surface area contributed by atoms with Crippen molar-refractivity contribution in [2.45, 2.75) is 32.1 Å². The summed E-state index contributed by atoms with van der Waals surface area (Å²) in [4.78, 5) is 10.8. The average Bonchev–Trinajstić information content (AvgIpc) is 2.50. The first-order valence-corrected chi connectivity index (χ1v) is 5.68. The van der Waals surface area contributed by atoms with Crippen LogP contribution in [-0.2, 0) is 4.79 Å². The Balaban J connectivity index is 2.39. The summed E-state index contributed by atoms with van der Waals surface area (Å²) >= 11 is 1.84. The second-order valence-electron chi connectivity index (χ2n) is 3.43. The smallest absolute Gasteiger partial charge is 0.126 e. The minimum absolute atomic E-state index is 0.0863. The number of carbonyl (C=O) groups excluding carboxylic acids is 1. The second kappa shape index (κ2) is 4.15. The van der Waals surface area contributed by atoms with Gasteiger partial charge in [0, 0.05) is 5.41 Å². The van der Waals surface area contributed by atoms with Crippen LogP contribution in [0.4, 0.5) is 0 Å². The molecule has 0 N–H and O–H groups in total. The van der Waals surface area contributed by atoms with Crippen LogP contribution in [0.15, 0.2) is 0 Å². The largest absolute Gasteiger partial charge is 0.303 e. The summed E-state index contributed by atoms with van der Waals surface area (Å²) in [6.45, 7) is 0. The monoisotopic (exact) mass is 172 g/mol. The van der Waals surface area contributed by atoms with Crippen LogP contribution in [0.2, 0.25) is 0 Å². The molecular formula is C9H16OS. The molecule has 1 rings (SSSR count). The molecule has 0 amide bonds. The molecule has 0 saturated heterocycles. The zero-order chi connectivity index (χ0) is 8.16. The summed E-state index contributed by atoms with van der Waals surface area (Å²) in [6, 6.07) is 0. The van der Waals surface area contributed by atoms with Crippen molar-refractivity contribution in [1.82, 2.24) is 0 Å². The third-order valence-electron chi connectivity index (χ3n) is 2.65. The lowest BCUT2D eigenvalue weighted by molar-refractivity contribution is -0.116. The molecule has 2 heteroatoms. The standard InChI is InChI=1S/C9H16OS/c1-11-7-6-9(8-10)4-2-3-5-9/h8H,2-7H2,1H3. The van der Waals surface area contributed by atoms with E-state index in [1.807, 2.05) is 11.8 Å². The van der Waals surface area contributed by atoms with E-state index in [0.29, 0.717) is 0 Å². The van der Waals surface area contributed by atoms with Crippen LogP contribution in [0.1, 0.15) is 32.1 Å².